The van der Waals surface area contributed by atoms with E-state index in [1.54, 1.807) is 22.9 Å². The molecule has 1 heterocycles. The first kappa shape index (κ1) is 12.9. The average molecular weight is 281 g/mol. The average Bonchev–Trinajstić information content (AvgIpc) is 2.76. The van der Waals surface area contributed by atoms with E-state index in [0.717, 1.165) is 5.56 Å². The summed E-state index contributed by atoms with van der Waals surface area (Å²) in [6.45, 7) is 3.94. The van der Waals surface area contributed by atoms with Crippen molar-refractivity contribution >= 4 is 23.2 Å². The van der Waals surface area contributed by atoms with Gasteiger partial charge in [0.05, 0.1) is 10.0 Å². The second-order valence-corrected chi connectivity index (χ2v) is 4.88. The highest BCUT2D eigenvalue weighted by Gasteiger charge is 2.17. The number of hydrogen-bond acceptors (Lipinski definition) is 3. The van der Waals surface area contributed by atoms with Crippen molar-refractivity contribution in [1.82, 2.24) is 15.0 Å². The van der Waals surface area contributed by atoms with Gasteiger partial charge in [0.25, 0.3) is 0 Å². The first-order valence-electron chi connectivity index (χ1n) is 5.35. The van der Waals surface area contributed by atoms with Gasteiger partial charge in [-0.05, 0) is 26.0 Å². The summed E-state index contributed by atoms with van der Waals surface area (Å²) in [6, 6.07) is 7.34. The first-order valence-corrected chi connectivity index (χ1v) is 6.11. The standard InChI is InChI=1S/C12H10Cl2N4/c1-7(2)18-12(11(6-15)16-17-18)8-3-4-9(13)10(14)5-8/h3-5,7H,1-2H3. The molecule has 0 unspecified atom stereocenters. The molecule has 0 aliphatic carbocycles. The number of rotatable bonds is 2. The molecule has 0 radical (unpaired) electrons. The molecule has 0 spiro atoms. The Kier molecular flexibility index (Phi) is 3.55. The summed E-state index contributed by atoms with van der Waals surface area (Å²) in [7, 11) is 0. The van der Waals surface area contributed by atoms with E-state index in [0.29, 0.717) is 15.7 Å². The maximum absolute atomic E-state index is 9.07. The monoisotopic (exact) mass is 280 g/mol. The van der Waals surface area contributed by atoms with Gasteiger partial charge >= 0.3 is 0 Å². The van der Waals surface area contributed by atoms with Gasteiger partial charge in [0.15, 0.2) is 5.69 Å². The van der Waals surface area contributed by atoms with Crippen LogP contribution in [0.15, 0.2) is 18.2 Å². The third-order valence-electron chi connectivity index (χ3n) is 2.48. The highest BCUT2D eigenvalue weighted by Crippen LogP contribution is 2.30. The zero-order valence-electron chi connectivity index (χ0n) is 9.85. The molecule has 6 heteroatoms. The van der Waals surface area contributed by atoms with E-state index in [4.69, 9.17) is 28.5 Å². The summed E-state index contributed by atoms with van der Waals surface area (Å²) < 4.78 is 1.69. The molecule has 92 valence electrons. The second-order valence-electron chi connectivity index (χ2n) is 4.07. The van der Waals surface area contributed by atoms with Crippen LogP contribution in [0.3, 0.4) is 0 Å². The molecule has 0 fully saturated rings. The van der Waals surface area contributed by atoms with Crippen LogP contribution in [0.1, 0.15) is 25.6 Å². The Morgan fingerprint density at radius 1 is 1.28 bits per heavy atom. The van der Waals surface area contributed by atoms with E-state index in [1.807, 2.05) is 19.9 Å². The van der Waals surface area contributed by atoms with Crippen molar-refractivity contribution in [2.45, 2.75) is 19.9 Å². The topological polar surface area (TPSA) is 54.5 Å². The Labute approximate surface area is 115 Å². The number of aromatic nitrogens is 3. The molecule has 1 aromatic heterocycles. The third kappa shape index (κ3) is 2.20. The number of nitriles is 1. The van der Waals surface area contributed by atoms with Crippen LogP contribution in [0.25, 0.3) is 11.3 Å². The SMILES string of the molecule is CC(C)n1nnc(C#N)c1-c1ccc(Cl)c(Cl)c1. The van der Waals surface area contributed by atoms with Crippen LogP contribution in [-0.2, 0) is 0 Å². The van der Waals surface area contributed by atoms with E-state index in [-0.39, 0.29) is 11.7 Å². The Morgan fingerprint density at radius 2 is 2.00 bits per heavy atom. The largest absolute Gasteiger partial charge is 0.241 e. The fourth-order valence-corrected chi connectivity index (χ4v) is 1.94. The Morgan fingerprint density at radius 3 is 2.56 bits per heavy atom. The summed E-state index contributed by atoms with van der Waals surface area (Å²) in [5, 5.41) is 17.8. The minimum atomic E-state index is 0.101. The van der Waals surface area contributed by atoms with Crippen molar-refractivity contribution in [3.63, 3.8) is 0 Å². The lowest BCUT2D eigenvalue weighted by Crippen LogP contribution is -2.05. The molecule has 0 saturated heterocycles. The number of halogens is 2. The molecule has 0 N–H and O–H groups in total. The van der Waals surface area contributed by atoms with Crippen LogP contribution < -0.4 is 0 Å². The van der Waals surface area contributed by atoms with Crippen molar-refractivity contribution in [2.75, 3.05) is 0 Å². The van der Waals surface area contributed by atoms with Gasteiger partial charge < -0.3 is 0 Å². The molecule has 0 atom stereocenters. The summed E-state index contributed by atoms with van der Waals surface area (Å²) in [6.07, 6.45) is 0. The summed E-state index contributed by atoms with van der Waals surface area (Å²) in [4.78, 5) is 0. The minimum absolute atomic E-state index is 0.101. The van der Waals surface area contributed by atoms with Gasteiger partial charge in [0, 0.05) is 11.6 Å². The molecular formula is C12H10Cl2N4. The van der Waals surface area contributed by atoms with Crippen molar-refractivity contribution in [3.8, 4) is 17.3 Å². The fourth-order valence-electron chi connectivity index (χ4n) is 1.64. The summed E-state index contributed by atoms with van der Waals surface area (Å²) in [5.41, 5.74) is 1.72. The Bertz CT molecular complexity index is 625. The highest BCUT2D eigenvalue weighted by molar-refractivity contribution is 6.42. The van der Waals surface area contributed by atoms with E-state index < -0.39 is 0 Å². The van der Waals surface area contributed by atoms with E-state index in [2.05, 4.69) is 10.3 Å². The number of benzene rings is 1. The van der Waals surface area contributed by atoms with Gasteiger partial charge in [-0.25, -0.2) is 4.68 Å². The van der Waals surface area contributed by atoms with E-state index in [1.165, 1.54) is 0 Å². The molecule has 4 nitrogen and oxygen atoms in total. The van der Waals surface area contributed by atoms with Crippen molar-refractivity contribution < 1.29 is 0 Å². The summed E-state index contributed by atoms with van der Waals surface area (Å²) in [5.74, 6) is 0. The normalized spacial score (nSPS) is 10.7. The van der Waals surface area contributed by atoms with Crippen LogP contribution >= 0.6 is 23.2 Å². The van der Waals surface area contributed by atoms with Gasteiger partial charge in [-0.2, -0.15) is 5.26 Å². The zero-order valence-corrected chi connectivity index (χ0v) is 11.4. The van der Waals surface area contributed by atoms with Gasteiger partial charge in [-0.1, -0.05) is 34.5 Å². The number of nitrogens with zero attached hydrogens (tertiary/aromatic N) is 4. The molecule has 0 bridgehead atoms. The highest BCUT2D eigenvalue weighted by atomic mass is 35.5. The predicted octanol–water partition coefficient (Wildman–Crippen LogP) is 3.70. The molecule has 18 heavy (non-hydrogen) atoms. The zero-order chi connectivity index (χ0) is 13.3. The first-order chi connectivity index (χ1) is 8.54. The van der Waals surface area contributed by atoms with Gasteiger partial charge in [-0.3, -0.25) is 0 Å². The lowest BCUT2D eigenvalue weighted by molar-refractivity contribution is 0.519. The molecule has 0 aliphatic rings. The molecule has 0 saturated carbocycles. The summed E-state index contributed by atoms with van der Waals surface area (Å²) >= 11 is 11.9. The van der Waals surface area contributed by atoms with Crippen LogP contribution in [0.5, 0.6) is 0 Å². The molecule has 0 aliphatic heterocycles. The van der Waals surface area contributed by atoms with Crippen molar-refractivity contribution in [3.05, 3.63) is 33.9 Å². The van der Waals surface area contributed by atoms with Crippen LogP contribution in [-0.4, -0.2) is 15.0 Å². The minimum Gasteiger partial charge on any atom is -0.241 e. The second kappa shape index (κ2) is 4.97. The molecule has 2 aromatic rings. The van der Waals surface area contributed by atoms with Crippen LogP contribution in [0.2, 0.25) is 10.0 Å². The van der Waals surface area contributed by atoms with E-state index in [9.17, 15) is 0 Å². The predicted molar refractivity (Wildman–Crippen MR) is 70.6 cm³/mol. The Balaban J connectivity index is 2.65. The quantitative estimate of drug-likeness (QED) is 0.843. The third-order valence-corrected chi connectivity index (χ3v) is 3.22. The van der Waals surface area contributed by atoms with Crippen molar-refractivity contribution in [2.24, 2.45) is 0 Å². The fraction of sp³-hybridized carbons (Fsp3) is 0.250. The number of hydrogen-bond donors (Lipinski definition) is 0. The molecule has 2 rings (SSSR count). The smallest absolute Gasteiger partial charge is 0.190 e. The van der Waals surface area contributed by atoms with Gasteiger partial charge in [0.1, 0.15) is 11.8 Å². The maximum atomic E-state index is 9.07. The molecular weight excluding hydrogens is 271 g/mol. The molecule has 0 amide bonds. The maximum Gasteiger partial charge on any atom is 0.190 e. The van der Waals surface area contributed by atoms with Gasteiger partial charge in [-0.15, -0.1) is 5.10 Å². The Hall–Kier alpha value is -1.57. The van der Waals surface area contributed by atoms with E-state index >= 15 is 0 Å². The lowest BCUT2D eigenvalue weighted by Gasteiger charge is -2.10. The van der Waals surface area contributed by atoms with Crippen molar-refractivity contribution in [1.29, 1.82) is 5.26 Å². The van der Waals surface area contributed by atoms with Crippen LogP contribution in [0, 0.1) is 11.3 Å². The molecule has 1 aromatic carbocycles. The van der Waals surface area contributed by atoms with Gasteiger partial charge in [0.2, 0.25) is 0 Å². The van der Waals surface area contributed by atoms with Crippen LogP contribution in [0.4, 0.5) is 0 Å². The lowest BCUT2D eigenvalue weighted by atomic mass is 10.1.